The molecule has 0 aromatic heterocycles. The van der Waals surface area contributed by atoms with E-state index in [1.165, 1.54) is 11.9 Å². The van der Waals surface area contributed by atoms with Gasteiger partial charge >= 0.3 is 0 Å². The molecule has 1 aliphatic rings. The van der Waals surface area contributed by atoms with Crippen molar-refractivity contribution < 1.29 is 0 Å². The minimum absolute atomic E-state index is 0.0360. The fourth-order valence-electron chi connectivity index (χ4n) is 1.49. The second kappa shape index (κ2) is 4.23. The van der Waals surface area contributed by atoms with Crippen LogP contribution in [0.3, 0.4) is 0 Å². The summed E-state index contributed by atoms with van der Waals surface area (Å²) in [7, 11) is 2.10. The summed E-state index contributed by atoms with van der Waals surface area (Å²) in [5, 5.41) is 0. The zero-order valence-electron chi connectivity index (χ0n) is 7.45. The number of nitrogens with zero attached hydrogens (tertiary/aromatic N) is 2. The van der Waals surface area contributed by atoms with Crippen molar-refractivity contribution in [3.05, 3.63) is 11.8 Å². The van der Waals surface area contributed by atoms with Gasteiger partial charge in [0.2, 0.25) is 0 Å². The molecule has 4 heteroatoms. The van der Waals surface area contributed by atoms with Crippen molar-refractivity contribution in [2.24, 2.45) is 4.58 Å². The van der Waals surface area contributed by atoms with Gasteiger partial charge in [-0.05, 0) is 39.4 Å². The van der Waals surface area contributed by atoms with E-state index < -0.39 is 0 Å². The van der Waals surface area contributed by atoms with Gasteiger partial charge in [0.25, 0.3) is 0 Å². The van der Waals surface area contributed by atoms with E-state index in [0.29, 0.717) is 0 Å². The number of hydrogen-bond acceptors (Lipinski definition) is 4. The first-order valence-corrected chi connectivity index (χ1v) is 4.98. The highest BCUT2D eigenvalue weighted by atomic mass is 32.2. The van der Waals surface area contributed by atoms with Gasteiger partial charge < -0.3 is 4.90 Å². The molecule has 3 nitrogen and oxygen atoms in total. The van der Waals surface area contributed by atoms with Crippen molar-refractivity contribution in [2.45, 2.75) is 24.0 Å². The molecule has 0 amide bonds. The number of nitroso groups, excluding NO2 is 1. The first-order chi connectivity index (χ1) is 5.72. The predicted molar refractivity (Wildman–Crippen MR) is 52.8 cm³/mol. The van der Waals surface area contributed by atoms with Gasteiger partial charge in [-0.1, -0.05) is 6.92 Å². The maximum Gasteiger partial charge on any atom is 0.0436 e. The highest BCUT2D eigenvalue weighted by Crippen LogP contribution is 2.38. The molecule has 69 valence electrons. The van der Waals surface area contributed by atoms with E-state index in [-0.39, 0.29) is 4.75 Å². The fourth-order valence-corrected chi connectivity index (χ4v) is 2.11. The third-order valence-electron chi connectivity index (χ3n) is 2.58. The third-order valence-corrected chi connectivity index (χ3v) is 3.66. The van der Waals surface area contributed by atoms with Gasteiger partial charge in [0.1, 0.15) is 0 Å². The first kappa shape index (κ1) is 9.99. The summed E-state index contributed by atoms with van der Waals surface area (Å²) >= 11 is 1.18. The topological polar surface area (TPSA) is 32.7 Å². The van der Waals surface area contributed by atoms with Crippen molar-refractivity contribution in [1.29, 1.82) is 0 Å². The largest absolute Gasteiger partial charge is 0.306 e. The minimum atomic E-state index is 0.0360. The smallest absolute Gasteiger partial charge is 0.0436 e. The average Bonchev–Trinajstić information content (AvgIpc) is 2.10. The molecule has 1 saturated heterocycles. The van der Waals surface area contributed by atoms with Crippen LogP contribution in [0.4, 0.5) is 0 Å². The molecule has 0 N–H and O–H groups in total. The van der Waals surface area contributed by atoms with E-state index in [2.05, 4.69) is 23.5 Å². The van der Waals surface area contributed by atoms with E-state index >= 15 is 0 Å². The van der Waals surface area contributed by atoms with Crippen LogP contribution in [0.25, 0.3) is 0 Å². The van der Waals surface area contributed by atoms with E-state index in [0.717, 1.165) is 32.4 Å². The summed E-state index contributed by atoms with van der Waals surface area (Å²) < 4.78 is 2.97. The zero-order valence-corrected chi connectivity index (χ0v) is 8.27. The van der Waals surface area contributed by atoms with Crippen LogP contribution in [0.2, 0.25) is 0 Å². The Morgan fingerprint density at radius 3 is 2.58 bits per heavy atom. The van der Waals surface area contributed by atoms with Crippen molar-refractivity contribution in [1.82, 2.24) is 4.90 Å². The molecule has 0 bridgehead atoms. The molecule has 0 aliphatic carbocycles. The van der Waals surface area contributed by atoms with Crippen LogP contribution in [0.1, 0.15) is 19.3 Å². The van der Waals surface area contributed by atoms with Crippen LogP contribution in [-0.2, 0) is 0 Å². The van der Waals surface area contributed by atoms with E-state index in [1.54, 1.807) is 0 Å². The van der Waals surface area contributed by atoms with Gasteiger partial charge in [0.15, 0.2) is 0 Å². The van der Waals surface area contributed by atoms with Crippen molar-refractivity contribution in [3.8, 4) is 0 Å². The number of likely N-dealkylation sites (tertiary alicyclic amines) is 1. The van der Waals surface area contributed by atoms with E-state index in [1.807, 2.05) is 0 Å². The molecule has 0 spiro atoms. The summed E-state index contributed by atoms with van der Waals surface area (Å²) in [5.74, 6) is 0. The Hall–Kier alpha value is -0.0900. The Bertz CT molecular complexity index is 155. The molecule has 1 fully saturated rings. The molecule has 1 heterocycles. The summed E-state index contributed by atoms with van der Waals surface area (Å²) in [4.78, 5) is 12.5. The first-order valence-electron chi connectivity index (χ1n) is 4.21. The molecule has 0 aromatic carbocycles. The Kier molecular flexibility index (Phi) is 3.53. The summed E-state index contributed by atoms with van der Waals surface area (Å²) in [6.07, 6.45) is 2.87. The predicted octanol–water partition coefficient (Wildman–Crippen LogP) is 2.09. The van der Waals surface area contributed by atoms with Crippen molar-refractivity contribution in [2.75, 3.05) is 20.1 Å². The summed E-state index contributed by atoms with van der Waals surface area (Å²) in [5.41, 5.74) is 0. The molecule has 0 atom stereocenters. The number of piperidine rings is 1. The van der Waals surface area contributed by atoms with Gasteiger partial charge in [-0.15, -0.1) is 4.91 Å². The third kappa shape index (κ3) is 2.20. The molecule has 0 saturated carbocycles. The Labute approximate surface area is 78.0 Å². The molecule has 0 unspecified atom stereocenters. The summed E-state index contributed by atoms with van der Waals surface area (Å²) in [6.45, 7) is 5.99. The van der Waals surface area contributed by atoms with Crippen LogP contribution >= 0.6 is 11.9 Å². The molecular weight excluding hydrogens is 172 g/mol. The van der Waals surface area contributed by atoms with E-state index in [4.69, 9.17) is 0 Å². The SMILES string of the molecule is [CH2]CC1(SN=O)CCN(C)CC1. The molecule has 1 radical (unpaired) electrons. The maximum absolute atomic E-state index is 10.2. The van der Waals surface area contributed by atoms with Crippen LogP contribution in [0.15, 0.2) is 4.58 Å². The Morgan fingerprint density at radius 2 is 2.17 bits per heavy atom. The second-order valence-electron chi connectivity index (χ2n) is 3.40. The van der Waals surface area contributed by atoms with Crippen LogP contribution in [0.5, 0.6) is 0 Å². The molecule has 12 heavy (non-hydrogen) atoms. The molecule has 0 aromatic rings. The lowest BCUT2D eigenvalue weighted by Crippen LogP contribution is -2.39. The van der Waals surface area contributed by atoms with Gasteiger partial charge in [-0.3, -0.25) is 0 Å². The zero-order chi connectivity index (χ0) is 9.03. The number of hydrogen-bond donors (Lipinski definition) is 0. The average molecular weight is 187 g/mol. The van der Waals surface area contributed by atoms with Gasteiger partial charge in [0.05, 0.1) is 0 Å². The van der Waals surface area contributed by atoms with Crippen molar-refractivity contribution >= 4 is 11.9 Å². The van der Waals surface area contributed by atoms with Crippen LogP contribution in [0, 0.1) is 11.8 Å². The molecule has 1 rings (SSSR count). The minimum Gasteiger partial charge on any atom is -0.306 e. The van der Waals surface area contributed by atoms with Gasteiger partial charge in [0, 0.05) is 21.3 Å². The highest BCUT2D eigenvalue weighted by Gasteiger charge is 2.33. The lowest BCUT2D eigenvalue weighted by molar-refractivity contribution is 0.239. The molecular formula is C8H15N2OS. The van der Waals surface area contributed by atoms with Crippen LogP contribution in [-0.4, -0.2) is 29.8 Å². The van der Waals surface area contributed by atoms with Crippen molar-refractivity contribution in [3.63, 3.8) is 0 Å². The lowest BCUT2D eigenvalue weighted by Gasteiger charge is -2.36. The molecule has 1 aliphatic heterocycles. The van der Waals surface area contributed by atoms with E-state index in [9.17, 15) is 4.91 Å². The van der Waals surface area contributed by atoms with Crippen LogP contribution < -0.4 is 0 Å². The number of rotatable bonds is 3. The summed E-state index contributed by atoms with van der Waals surface area (Å²) in [6, 6.07) is 0. The standard InChI is InChI=1S/C8H15N2OS/c1-3-8(12-9-11)4-6-10(2)7-5-8/h1,3-7H2,2H3. The fraction of sp³-hybridized carbons (Fsp3) is 0.875. The maximum atomic E-state index is 10.2. The Balaban J connectivity index is 2.50. The highest BCUT2D eigenvalue weighted by molar-refractivity contribution is 7.99. The van der Waals surface area contributed by atoms with Gasteiger partial charge in [-0.2, -0.15) is 0 Å². The quantitative estimate of drug-likeness (QED) is 0.501. The Morgan fingerprint density at radius 1 is 1.58 bits per heavy atom. The normalized spacial score (nSPS) is 23.8. The lowest BCUT2D eigenvalue weighted by atomic mass is 9.93. The second-order valence-corrected chi connectivity index (χ2v) is 4.60. The van der Waals surface area contributed by atoms with Gasteiger partial charge in [-0.25, -0.2) is 0 Å². The monoisotopic (exact) mass is 187 g/mol.